The second-order valence-corrected chi connectivity index (χ2v) is 7.17. The van der Waals surface area contributed by atoms with E-state index >= 15 is 0 Å². The Morgan fingerprint density at radius 3 is 2.78 bits per heavy atom. The van der Waals surface area contributed by atoms with Gasteiger partial charge in [-0.15, -0.1) is 0 Å². The molecule has 0 aliphatic heterocycles. The minimum absolute atomic E-state index is 0.0403. The van der Waals surface area contributed by atoms with Crippen molar-refractivity contribution in [3.63, 3.8) is 0 Å². The van der Waals surface area contributed by atoms with E-state index in [4.69, 9.17) is 0 Å². The SMILES string of the molecule is Cn1cc2cc(-n3cnc4ccc(C5=CCCCC5)cc4c3=O)ccc2n1. The average molecular weight is 356 g/mol. The van der Waals surface area contributed by atoms with Gasteiger partial charge in [0.2, 0.25) is 0 Å². The molecule has 5 nitrogen and oxygen atoms in total. The van der Waals surface area contributed by atoms with Crippen LogP contribution in [0.25, 0.3) is 33.1 Å². The minimum atomic E-state index is -0.0403. The monoisotopic (exact) mass is 356 g/mol. The van der Waals surface area contributed by atoms with Gasteiger partial charge in [-0.1, -0.05) is 12.1 Å². The van der Waals surface area contributed by atoms with Gasteiger partial charge in [0.15, 0.2) is 0 Å². The van der Waals surface area contributed by atoms with Crippen LogP contribution in [0.2, 0.25) is 0 Å². The van der Waals surface area contributed by atoms with E-state index < -0.39 is 0 Å². The van der Waals surface area contributed by atoms with E-state index in [-0.39, 0.29) is 5.56 Å². The molecule has 1 aliphatic carbocycles. The maximum Gasteiger partial charge on any atom is 0.265 e. The molecule has 0 bridgehead atoms. The number of aryl methyl sites for hydroxylation is 1. The summed E-state index contributed by atoms with van der Waals surface area (Å²) >= 11 is 0. The number of hydrogen-bond donors (Lipinski definition) is 0. The molecule has 0 fully saturated rings. The van der Waals surface area contributed by atoms with Gasteiger partial charge in [0, 0.05) is 18.6 Å². The van der Waals surface area contributed by atoms with E-state index in [2.05, 4.69) is 22.2 Å². The lowest BCUT2D eigenvalue weighted by atomic mass is 9.93. The molecule has 0 unspecified atom stereocenters. The number of aromatic nitrogens is 4. The maximum absolute atomic E-state index is 13.2. The third-order valence-electron chi connectivity index (χ3n) is 5.30. The summed E-state index contributed by atoms with van der Waals surface area (Å²) in [4.78, 5) is 17.7. The van der Waals surface area contributed by atoms with E-state index in [1.807, 2.05) is 43.6 Å². The molecule has 2 aromatic carbocycles. The summed E-state index contributed by atoms with van der Waals surface area (Å²) < 4.78 is 3.40. The van der Waals surface area contributed by atoms with Crippen LogP contribution in [0.5, 0.6) is 0 Å². The van der Waals surface area contributed by atoms with E-state index in [0.29, 0.717) is 5.39 Å². The lowest BCUT2D eigenvalue weighted by Crippen LogP contribution is -2.19. The molecule has 134 valence electrons. The first-order valence-electron chi connectivity index (χ1n) is 9.34. The summed E-state index contributed by atoms with van der Waals surface area (Å²) in [5.74, 6) is 0. The van der Waals surface area contributed by atoms with Crippen molar-refractivity contribution in [3.8, 4) is 5.69 Å². The Labute approximate surface area is 156 Å². The molecule has 0 spiro atoms. The largest absolute Gasteiger partial charge is 0.275 e. The zero-order valence-corrected chi connectivity index (χ0v) is 15.2. The standard InChI is InChI=1S/C22H20N4O/c1-25-13-17-11-18(8-10-20(17)24-25)26-14-23-21-9-7-16(12-19(21)22(26)27)15-5-3-2-4-6-15/h5,7-14H,2-4,6H2,1H3. The van der Waals surface area contributed by atoms with Gasteiger partial charge in [0.05, 0.1) is 22.1 Å². The summed E-state index contributed by atoms with van der Waals surface area (Å²) in [6.07, 6.45) is 10.5. The molecule has 0 radical (unpaired) electrons. The van der Waals surface area contributed by atoms with E-state index in [1.165, 1.54) is 18.4 Å². The zero-order valence-electron chi connectivity index (χ0n) is 15.2. The molecule has 1 aliphatic rings. The van der Waals surface area contributed by atoms with Gasteiger partial charge >= 0.3 is 0 Å². The third kappa shape index (κ3) is 2.76. The first-order valence-corrected chi connectivity index (χ1v) is 9.34. The van der Waals surface area contributed by atoms with Crippen LogP contribution in [0.4, 0.5) is 0 Å². The van der Waals surface area contributed by atoms with E-state index in [9.17, 15) is 4.79 Å². The molecule has 27 heavy (non-hydrogen) atoms. The van der Waals surface area contributed by atoms with Crippen LogP contribution in [0.15, 0.2) is 59.8 Å². The molecular weight excluding hydrogens is 336 g/mol. The van der Waals surface area contributed by atoms with Crippen LogP contribution < -0.4 is 5.56 Å². The highest BCUT2D eigenvalue weighted by Crippen LogP contribution is 2.28. The molecule has 0 amide bonds. The minimum Gasteiger partial charge on any atom is -0.275 e. The van der Waals surface area contributed by atoms with Crippen molar-refractivity contribution >= 4 is 27.4 Å². The second-order valence-electron chi connectivity index (χ2n) is 7.17. The molecule has 4 aromatic rings. The molecule has 5 rings (SSSR count). The van der Waals surface area contributed by atoms with Gasteiger partial charge in [0.25, 0.3) is 5.56 Å². The molecular formula is C22H20N4O. The lowest BCUT2D eigenvalue weighted by molar-refractivity contribution is 0.742. The van der Waals surface area contributed by atoms with E-state index in [1.54, 1.807) is 15.6 Å². The number of benzene rings is 2. The van der Waals surface area contributed by atoms with Crippen LogP contribution in [0, 0.1) is 0 Å². The van der Waals surface area contributed by atoms with Gasteiger partial charge in [0.1, 0.15) is 6.33 Å². The second kappa shape index (κ2) is 6.20. The van der Waals surface area contributed by atoms with Crippen molar-refractivity contribution in [1.82, 2.24) is 19.3 Å². The Bertz CT molecular complexity index is 1260. The van der Waals surface area contributed by atoms with Crippen LogP contribution >= 0.6 is 0 Å². The van der Waals surface area contributed by atoms with Crippen molar-refractivity contribution in [2.45, 2.75) is 25.7 Å². The van der Waals surface area contributed by atoms with Crippen molar-refractivity contribution in [2.75, 3.05) is 0 Å². The zero-order chi connectivity index (χ0) is 18.4. The van der Waals surface area contributed by atoms with E-state index in [0.717, 1.165) is 40.5 Å². The highest BCUT2D eigenvalue weighted by atomic mass is 16.1. The number of hydrogen-bond acceptors (Lipinski definition) is 3. The smallest absolute Gasteiger partial charge is 0.265 e. The predicted molar refractivity (Wildman–Crippen MR) is 108 cm³/mol. The molecule has 0 saturated heterocycles. The van der Waals surface area contributed by atoms with Crippen molar-refractivity contribution < 1.29 is 0 Å². The normalized spacial score (nSPS) is 14.6. The Morgan fingerprint density at radius 1 is 1.04 bits per heavy atom. The molecule has 0 saturated carbocycles. The van der Waals surface area contributed by atoms with Gasteiger partial charge in [-0.25, -0.2) is 4.98 Å². The summed E-state index contributed by atoms with van der Waals surface area (Å²) in [6.45, 7) is 0. The number of nitrogens with zero attached hydrogens (tertiary/aromatic N) is 4. The molecule has 5 heteroatoms. The molecule has 2 aromatic heterocycles. The predicted octanol–water partition coefficient (Wildman–Crippen LogP) is 4.23. The fraction of sp³-hybridized carbons (Fsp3) is 0.227. The molecule has 2 heterocycles. The van der Waals surface area contributed by atoms with Crippen molar-refractivity contribution in [2.24, 2.45) is 7.05 Å². The molecule has 0 atom stereocenters. The Hall–Kier alpha value is -3.21. The number of allylic oxidation sites excluding steroid dienone is 2. The third-order valence-corrected chi connectivity index (χ3v) is 5.30. The Kier molecular flexibility index (Phi) is 3.67. The Morgan fingerprint density at radius 2 is 1.93 bits per heavy atom. The van der Waals surface area contributed by atoms with Crippen LogP contribution in [-0.2, 0) is 7.05 Å². The Balaban J connectivity index is 1.66. The highest BCUT2D eigenvalue weighted by molar-refractivity contribution is 5.84. The first-order chi connectivity index (χ1) is 13.2. The van der Waals surface area contributed by atoms with Gasteiger partial charge in [-0.2, -0.15) is 5.10 Å². The fourth-order valence-corrected chi connectivity index (χ4v) is 3.89. The van der Waals surface area contributed by atoms with Crippen LogP contribution in [0.1, 0.15) is 31.2 Å². The fourth-order valence-electron chi connectivity index (χ4n) is 3.89. The number of fused-ring (bicyclic) bond motifs is 2. The van der Waals surface area contributed by atoms with Crippen LogP contribution in [0.3, 0.4) is 0 Å². The topological polar surface area (TPSA) is 52.7 Å². The average Bonchev–Trinajstić information content (AvgIpc) is 3.08. The van der Waals surface area contributed by atoms with Gasteiger partial charge in [-0.05, 0) is 67.2 Å². The summed E-state index contributed by atoms with van der Waals surface area (Å²) in [6, 6.07) is 11.9. The summed E-state index contributed by atoms with van der Waals surface area (Å²) in [7, 11) is 1.89. The first kappa shape index (κ1) is 16.0. The van der Waals surface area contributed by atoms with Crippen molar-refractivity contribution in [3.05, 3.63) is 70.9 Å². The maximum atomic E-state index is 13.2. The quantitative estimate of drug-likeness (QED) is 0.540. The van der Waals surface area contributed by atoms with Crippen molar-refractivity contribution in [1.29, 1.82) is 0 Å². The summed E-state index contributed by atoms with van der Waals surface area (Å²) in [5.41, 5.74) is 4.89. The van der Waals surface area contributed by atoms with Gasteiger partial charge < -0.3 is 0 Å². The van der Waals surface area contributed by atoms with Gasteiger partial charge in [-0.3, -0.25) is 14.0 Å². The summed E-state index contributed by atoms with van der Waals surface area (Å²) in [5, 5.41) is 6.05. The highest BCUT2D eigenvalue weighted by Gasteiger charge is 2.11. The lowest BCUT2D eigenvalue weighted by Gasteiger charge is -2.13. The number of rotatable bonds is 2. The molecule has 0 N–H and O–H groups in total. The van der Waals surface area contributed by atoms with Crippen LogP contribution in [-0.4, -0.2) is 19.3 Å².